The Morgan fingerprint density at radius 2 is 1.68 bits per heavy atom. The van der Waals surface area contributed by atoms with Crippen molar-refractivity contribution >= 4 is 0 Å². The lowest BCUT2D eigenvalue weighted by atomic mass is 10.3. The van der Waals surface area contributed by atoms with E-state index in [1.165, 1.54) is 0 Å². The molecule has 2 N–H and O–H groups in total. The zero-order chi connectivity index (χ0) is 14.2. The molecule has 0 aromatic carbocycles. The van der Waals surface area contributed by atoms with Crippen LogP contribution in [0.1, 0.15) is 33.1 Å². The topological polar surface area (TPSA) is 60.0 Å². The van der Waals surface area contributed by atoms with Crippen LogP contribution < -0.4 is 5.32 Å². The maximum Gasteiger partial charge on any atom is 0.0897 e. The van der Waals surface area contributed by atoms with Crippen LogP contribution >= 0.6 is 0 Å². The molecule has 1 atom stereocenters. The van der Waals surface area contributed by atoms with Crippen molar-refractivity contribution in [2.24, 2.45) is 0 Å². The van der Waals surface area contributed by atoms with Gasteiger partial charge in [-0.25, -0.2) is 0 Å². The lowest BCUT2D eigenvalue weighted by Gasteiger charge is -2.12. The molecular formula is C14H31NO4. The van der Waals surface area contributed by atoms with Gasteiger partial charge < -0.3 is 24.6 Å². The van der Waals surface area contributed by atoms with Crippen molar-refractivity contribution in [3.8, 4) is 0 Å². The van der Waals surface area contributed by atoms with E-state index in [0.29, 0.717) is 26.4 Å². The highest BCUT2D eigenvalue weighted by Gasteiger charge is 2.03. The highest BCUT2D eigenvalue weighted by Crippen LogP contribution is 1.89. The summed E-state index contributed by atoms with van der Waals surface area (Å²) in [6.07, 6.45) is 2.75. The molecule has 0 saturated carbocycles. The number of unbranched alkanes of at least 4 members (excludes halogenated alkanes) is 1. The van der Waals surface area contributed by atoms with Crippen LogP contribution in [0.15, 0.2) is 0 Å². The highest BCUT2D eigenvalue weighted by molar-refractivity contribution is 4.58. The van der Waals surface area contributed by atoms with Gasteiger partial charge in [0.15, 0.2) is 0 Å². The van der Waals surface area contributed by atoms with E-state index < -0.39 is 6.10 Å². The summed E-state index contributed by atoms with van der Waals surface area (Å²) in [6.45, 7) is 9.37. The summed E-state index contributed by atoms with van der Waals surface area (Å²) in [4.78, 5) is 0. The molecule has 0 aliphatic heterocycles. The molecule has 0 aromatic rings. The Kier molecular flexibility index (Phi) is 15.7. The minimum atomic E-state index is -0.456. The van der Waals surface area contributed by atoms with Gasteiger partial charge in [-0.05, 0) is 26.3 Å². The van der Waals surface area contributed by atoms with Crippen LogP contribution in [0.5, 0.6) is 0 Å². The van der Waals surface area contributed by atoms with Crippen molar-refractivity contribution in [3.63, 3.8) is 0 Å². The minimum Gasteiger partial charge on any atom is -0.389 e. The monoisotopic (exact) mass is 277 g/mol. The summed E-state index contributed by atoms with van der Waals surface area (Å²) in [7, 11) is 0. The van der Waals surface area contributed by atoms with Crippen LogP contribution in [-0.4, -0.2) is 63.9 Å². The van der Waals surface area contributed by atoms with Gasteiger partial charge in [-0.1, -0.05) is 13.3 Å². The first kappa shape index (κ1) is 18.8. The Bertz CT molecular complexity index is 170. The Balaban J connectivity index is 3.10. The Hall–Kier alpha value is -0.200. The number of aliphatic hydroxyl groups is 1. The second kappa shape index (κ2) is 15.9. The van der Waals surface area contributed by atoms with Gasteiger partial charge in [-0.2, -0.15) is 0 Å². The predicted molar refractivity (Wildman–Crippen MR) is 76.5 cm³/mol. The second-order valence-electron chi connectivity index (χ2n) is 4.45. The third kappa shape index (κ3) is 15.7. The standard InChI is InChI=1S/C14H31NO4/c1-3-5-8-18-10-11-19-13-14(16)12-15-7-6-9-17-4-2/h14-16H,3-13H2,1-2H3. The van der Waals surface area contributed by atoms with Gasteiger partial charge in [0.2, 0.25) is 0 Å². The molecule has 0 aliphatic rings. The van der Waals surface area contributed by atoms with Crippen LogP contribution in [0.2, 0.25) is 0 Å². The second-order valence-corrected chi connectivity index (χ2v) is 4.45. The van der Waals surface area contributed by atoms with Gasteiger partial charge in [-0.3, -0.25) is 0 Å². The Morgan fingerprint density at radius 1 is 0.947 bits per heavy atom. The summed E-state index contributed by atoms with van der Waals surface area (Å²) < 4.78 is 15.9. The van der Waals surface area contributed by atoms with E-state index in [-0.39, 0.29) is 0 Å². The summed E-state index contributed by atoms with van der Waals surface area (Å²) in [5.74, 6) is 0. The predicted octanol–water partition coefficient (Wildman–Crippen LogP) is 1.20. The maximum atomic E-state index is 9.63. The van der Waals surface area contributed by atoms with Gasteiger partial charge in [-0.15, -0.1) is 0 Å². The average molecular weight is 277 g/mol. The Morgan fingerprint density at radius 3 is 2.42 bits per heavy atom. The minimum absolute atomic E-state index is 0.357. The SMILES string of the molecule is CCCCOCCOCC(O)CNCCCOCC. The van der Waals surface area contributed by atoms with E-state index >= 15 is 0 Å². The molecule has 0 amide bonds. The molecular weight excluding hydrogens is 246 g/mol. The summed E-state index contributed by atoms with van der Waals surface area (Å²) in [6, 6.07) is 0. The van der Waals surface area contributed by atoms with Crippen molar-refractivity contribution in [1.29, 1.82) is 0 Å². The lowest BCUT2D eigenvalue weighted by molar-refractivity contribution is 0.00384. The zero-order valence-electron chi connectivity index (χ0n) is 12.5. The molecule has 0 aliphatic carbocycles. The average Bonchev–Trinajstić information content (AvgIpc) is 2.41. The van der Waals surface area contributed by atoms with Crippen molar-refractivity contribution in [3.05, 3.63) is 0 Å². The van der Waals surface area contributed by atoms with Crippen molar-refractivity contribution in [1.82, 2.24) is 5.32 Å². The number of hydrogen-bond acceptors (Lipinski definition) is 5. The molecule has 116 valence electrons. The van der Waals surface area contributed by atoms with E-state index in [4.69, 9.17) is 14.2 Å². The van der Waals surface area contributed by atoms with Gasteiger partial charge in [0, 0.05) is 26.4 Å². The van der Waals surface area contributed by atoms with Gasteiger partial charge in [0.05, 0.1) is 25.9 Å². The van der Waals surface area contributed by atoms with E-state index in [0.717, 1.165) is 45.6 Å². The molecule has 0 spiro atoms. The molecule has 0 rings (SSSR count). The normalized spacial score (nSPS) is 12.8. The van der Waals surface area contributed by atoms with Crippen LogP contribution in [0.3, 0.4) is 0 Å². The fourth-order valence-corrected chi connectivity index (χ4v) is 1.46. The molecule has 0 radical (unpaired) electrons. The molecule has 0 fully saturated rings. The van der Waals surface area contributed by atoms with Crippen LogP contribution in [-0.2, 0) is 14.2 Å². The third-order valence-electron chi connectivity index (χ3n) is 2.55. The maximum absolute atomic E-state index is 9.63. The van der Waals surface area contributed by atoms with Gasteiger partial charge in [0.1, 0.15) is 0 Å². The molecule has 1 unspecified atom stereocenters. The zero-order valence-corrected chi connectivity index (χ0v) is 12.5. The van der Waals surface area contributed by atoms with E-state index in [9.17, 15) is 5.11 Å². The first-order chi connectivity index (χ1) is 9.31. The van der Waals surface area contributed by atoms with Gasteiger partial charge in [0.25, 0.3) is 0 Å². The van der Waals surface area contributed by atoms with E-state index in [2.05, 4.69) is 12.2 Å². The number of aliphatic hydroxyl groups excluding tert-OH is 1. The van der Waals surface area contributed by atoms with Crippen LogP contribution in [0.4, 0.5) is 0 Å². The molecule has 0 aromatic heterocycles. The van der Waals surface area contributed by atoms with Crippen molar-refractivity contribution in [2.75, 3.05) is 52.7 Å². The number of ether oxygens (including phenoxy) is 3. The molecule has 0 heterocycles. The molecule has 5 nitrogen and oxygen atoms in total. The van der Waals surface area contributed by atoms with Crippen LogP contribution in [0.25, 0.3) is 0 Å². The summed E-state index contributed by atoms with van der Waals surface area (Å²) in [5.41, 5.74) is 0. The fourth-order valence-electron chi connectivity index (χ4n) is 1.46. The Labute approximate surface area is 117 Å². The van der Waals surface area contributed by atoms with E-state index in [1.54, 1.807) is 0 Å². The van der Waals surface area contributed by atoms with Gasteiger partial charge >= 0.3 is 0 Å². The first-order valence-corrected chi connectivity index (χ1v) is 7.43. The highest BCUT2D eigenvalue weighted by atomic mass is 16.5. The van der Waals surface area contributed by atoms with Crippen LogP contribution in [0, 0.1) is 0 Å². The summed E-state index contributed by atoms with van der Waals surface area (Å²) >= 11 is 0. The largest absolute Gasteiger partial charge is 0.389 e. The number of nitrogens with one attached hydrogen (secondary N) is 1. The number of rotatable bonds is 15. The number of hydrogen-bond donors (Lipinski definition) is 2. The summed E-state index contributed by atoms with van der Waals surface area (Å²) in [5, 5.41) is 12.8. The molecule has 5 heteroatoms. The smallest absolute Gasteiger partial charge is 0.0897 e. The fraction of sp³-hybridized carbons (Fsp3) is 1.00. The molecule has 0 saturated heterocycles. The molecule has 0 bridgehead atoms. The van der Waals surface area contributed by atoms with Crippen molar-refractivity contribution < 1.29 is 19.3 Å². The third-order valence-corrected chi connectivity index (χ3v) is 2.55. The van der Waals surface area contributed by atoms with Crippen molar-refractivity contribution in [2.45, 2.75) is 39.2 Å². The lowest BCUT2D eigenvalue weighted by Crippen LogP contribution is -2.31. The quantitative estimate of drug-likeness (QED) is 0.440. The molecule has 19 heavy (non-hydrogen) atoms. The first-order valence-electron chi connectivity index (χ1n) is 7.43. The van der Waals surface area contributed by atoms with E-state index in [1.807, 2.05) is 6.92 Å².